The minimum Gasteiger partial charge on any atom is -0.301 e. The largest absolute Gasteiger partial charge is 0.301 e. The van der Waals surface area contributed by atoms with Crippen LogP contribution in [0, 0.1) is 0 Å². The lowest BCUT2D eigenvalue weighted by atomic mass is 10.3. The molecule has 0 aliphatic carbocycles. The zero-order valence-corrected chi connectivity index (χ0v) is 9.51. The van der Waals surface area contributed by atoms with E-state index in [1.165, 1.54) is 11.3 Å². The highest BCUT2D eigenvalue weighted by atomic mass is 35.5. The van der Waals surface area contributed by atoms with Crippen molar-refractivity contribution >= 4 is 22.9 Å². The topological polar surface area (TPSA) is 79.4 Å². The van der Waals surface area contributed by atoms with Crippen molar-refractivity contribution in [1.29, 1.82) is 0 Å². The molecule has 80 valence electrons. The second kappa shape index (κ2) is 4.65. The summed E-state index contributed by atoms with van der Waals surface area (Å²) < 4.78 is 0.694. The molecule has 0 aliphatic rings. The summed E-state index contributed by atoms with van der Waals surface area (Å²) in [7, 11) is 0. The molecule has 0 amide bonds. The number of aromatic amines is 1. The zero-order chi connectivity index (χ0) is 10.7. The number of thiazole rings is 1. The molecule has 0 fully saturated rings. The molecule has 1 atom stereocenters. The molecule has 8 heteroatoms. The predicted molar refractivity (Wildman–Crippen MR) is 56.6 cm³/mol. The first-order valence-electron chi connectivity index (χ1n) is 4.32. The van der Waals surface area contributed by atoms with Crippen LogP contribution in [0.5, 0.6) is 0 Å². The maximum Gasteiger partial charge on any atom is 0.191 e. The van der Waals surface area contributed by atoms with E-state index in [2.05, 4.69) is 30.9 Å². The van der Waals surface area contributed by atoms with Gasteiger partial charge in [0.2, 0.25) is 0 Å². The summed E-state index contributed by atoms with van der Waals surface area (Å²) >= 11 is 7.22. The van der Waals surface area contributed by atoms with Gasteiger partial charge < -0.3 is 5.32 Å². The molecule has 2 aromatic rings. The maximum absolute atomic E-state index is 5.76. The first kappa shape index (κ1) is 10.5. The fourth-order valence-corrected chi connectivity index (χ4v) is 1.96. The van der Waals surface area contributed by atoms with Crippen LogP contribution in [0.3, 0.4) is 0 Å². The molecular weight excluding hydrogens is 236 g/mol. The van der Waals surface area contributed by atoms with Crippen molar-refractivity contribution in [3.8, 4) is 0 Å². The van der Waals surface area contributed by atoms with E-state index in [1.807, 2.05) is 6.92 Å². The Morgan fingerprint density at radius 1 is 1.67 bits per heavy atom. The van der Waals surface area contributed by atoms with E-state index in [4.69, 9.17) is 11.6 Å². The molecule has 0 saturated carbocycles. The quantitative estimate of drug-likeness (QED) is 0.844. The van der Waals surface area contributed by atoms with E-state index in [1.54, 1.807) is 6.20 Å². The number of hydrogen-bond donors (Lipinski definition) is 2. The number of H-pyrrole nitrogens is 1. The fraction of sp³-hybridized carbons (Fsp3) is 0.429. The van der Waals surface area contributed by atoms with Crippen LogP contribution in [-0.2, 0) is 6.54 Å². The Balaban J connectivity index is 1.88. The van der Waals surface area contributed by atoms with E-state index < -0.39 is 0 Å². The molecule has 15 heavy (non-hydrogen) atoms. The highest BCUT2D eigenvalue weighted by Crippen LogP contribution is 2.18. The molecule has 0 aromatic carbocycles. The number of hydrogen-bond acceptors (Lipinski definition) is 6. The summed E-state index contributed by atoms with van der Waals surface area (Å²) in [5.41, 5.74) is 0. The first-order chi connectivity index (χ1) is 7.25. The second-order valence-corrected chi connectivity index (χ2v) is 4.68. The van der Waals surface area contributed by atoms with E-state index >= 15 is 0 Å². The molecule has 0 spiro atoms. The molecule has 0 saturated heterocycles. The third-order valence-corrected chi connectivity index (χ3v) is 2.95. The number of tetrazole rings is 1. The lowest BCUT2D eigenvalue weighted by Gasteiger charge is -2.06. The second-order valence-electron chi connectivity index (χ2n) is 2.93. The number of aromatic nitrogens is 5. The monoisotopic (exact) mass is 244 g/mol. The first-order valence-corrected chi connectivity index (χ1v) is 5.52. The SMILES string of the molecule is CC(NCc1ncc(Cl)s1)c1nn[nH]n1. The Hall–Kier alpha value is -1.05. The van der Waals surface area contributed by atoms with E-state index in [-0.39, 0.29) is 6.04 Å². The standard InChI is InChI=1S/C7H9ClN6S/c1-4(7-11-13-14-12-7)9-3-6-10-2-5(8)15-6/h2,4,9H,3H2,1H3,(H,11,12,13,14). The van der Waals surface area contributed by atoms with Crippen LogP contribution in [0.1, 0.15) is 23.8 Å². The fourth-order valence-electron chi connectivity index (χ4n) is 1.05. The summed E-state index contributed by atoms with van der Waals surface area (Å²) in [6.07, 6.45) is 1.64. The number of halogens is 1. The molecular formula is C7H9ClN6S. The highest BCUT2D eigenvalue weighted by Gasteiger charge is 2.10. The summed E-state index contributed by atoms with van der Waals surface area (Å²) in [5.74, 6) is 0.637. The summed E-state index contributed by atoms with van der Waals surface area (Å²) in [6, 6.07) is 0.0337. The van der Waals surface area contributed by atoms with Crippen molar-refractivity contribution in [1.82, 2.24) is 30.9 Å². The third-order valence-electron chi connectivity index (χ3n) is 1.83. The Kier molecular flexibility index (Phi) is 3.24. The molecule has 2 N–H and O–H groups in total. The summed E-state index contributed by atoms with van der Waals surface area (Å²) in [6.45, 7) is 2.60. The van der Waals surface area contributed by atoms with Gasteiger partial charge in [-0.25, -0.2) is 4.98 Å². The van der Waals surface area contributed by atoms with E-state index in [0.717, 1.165) is 5.01 Å². The molecule has 6 nitrogen and oxygen atoms in total. The molecule has 1 unspecified atom stereocenters. The number of nitrogens with zero attached hydrogens (tertiary/aromatic N) is 4. The van der Waals surface area contributed by atoms with Crippen molar-refractivity contribution in [2.24, 2.45) is 0 Å². The van der Waals surface area contributed by atoms with Gasteiger partial charge in [0.1, 0.15) is 9.34 Å². The number of nitrogens with one attached hydrogen (secondary N) is 2. The summed E-state index contributed by atoms with van der Waals surface area (Å²) in [4.78, 5) is 4.13. The average Bonchev–Trinajstić information content (AvgIpc) is 2.84. The van der Waals surface area contributed by atoms with Gasteiger partial charge in [-0.15, -0.1) is 21.5 Å². The van der Waals surface area contributed by atoms with E-state index in [9.17, 15) is 0 Å². The minimum atomic E-state index is 0.0337. The average molecular weight is 245 g/mol. The molecule has 0 bridgehead atoms. The van der Waals surface area contributed by atoms with Crippen LogP contribution in [-0.4, -0.2) is 25.6 Å². The summed E-state index contributed by atoms with van der Waals surface area (Å²) in [5, 5.41) is 17.8. The predicted octanol–water partition coefficient (Wildman–Crippen LogP) is 1.16. The van der Waals surface area contributed by atoms with Crippen LogP contribution in [0.4, 0.5) is 0 Å². The lowest BCUT2D eigenvalue weighted by molar-refractivity contribution is 0.545. The van der Waals surface area contributed by atoms with Gasteiger partial charge in [0.05, 0.1) is 12.2 Å². The van der Waals surface area contributed by atoms with Gasteiger partial charge >= 0.3 is 0 Å². The third kappa shape index (κ3) is 2.71. The van der Waals surface area contributed by atoms with Crippen LogP contribution < -0.4 is 5.32 Å². The van der Waals surface area contributed by atoms with Gasteiger partial charge in [-0.1, -0.05) is 16.8 Å². The molecule has 2 aromatic heterocycles. The van der Waals surface area contributed by atoms with Crippen LogP contribution in [0.15, 0.2) is 6.20 Å². The zero-order valence-electron chi connectivity index (χ0n) is 7.94. The van der Waals surface area contributed by atoms with Gasteiger partial charge in [-0.05, 0) is 6.92 Å². The molecule has 2 rings (SSSR count). The molecule has 0 radical (unpaired) electrons. The van der Waals surface area contributed by atoms with Gasteiger partial charge in [0, 0.05) is 6.54 Å². The van der Waals surface area contributed by atoms with Crippen molar-refractivity contribution < 1.29 is 0 Å². The highest BCUT2D eigenvalue weighted by molar-refractivity contribution is 7.15. The van der Waals surface area contributed by atoms with Crippen molar-refractivity contribution in [2.45, 2.75) is 19.5 Å². The Labute approximate surface area is 95.1 Å². The van der Waals surface area contributed by atoms with Crippen molar-refractivity contribution in [2.75, 3.05) is 0 Å². The Morgan fingerprint density at radius 2 is 2.53 bits per heavy atom. The van der Waals surface area contributed by atoms with Crippen molar-refractivity contribution in [3.63, 3.8) is 0 Å². The van der Waals surface area contributed by atoms with Gasteiger partial charge in [0.15, 0.2) is 5.82 Å². The van der Waals surface area contributed by atoms with Gasteiger partial charge in [-0.2, -0.15) is 5.21 Å². The molecule has 0 aliphatic heterocycles. The minimum absolute atomic E-state index is 0.0337. The van der Waals surface area contributed by atoms with Crippen LogP contribution in [0.2, 0.25) is 4.34 Å². The molecule has 2 heterocycles. The smallest absolute Gasteiger partial charge is 0.191 e. The Bertz CT molecular complexity index is 413. The van der Waals surface area contributed by atoms with E-state index in [0.29, 0.717) is 16.7 Å². The van der Waals surface area contributed by atoms with Crippen molar-refractivity contribution in [3.05, 3.63) is 21.4 Å². The van der Waals surface area contributed by atoms with Gasteiger partial charge in [-0.3, -0.25) is 0 Å². The van der Waals surface area contributed by atoms with Crippen LogP contribution >= 0.6 is 22.9 Å². The van der Waals surface area contributed by atoms with Gasteiger partial charge in [0.25, 0.3) is 0 Å². The Morgan fingerprint density at radius 3 is 3.13 bits per heavy atom. The van der Waals surface area contributed by atoms with Crippen LogP contribution in [0.25, 0.3) is 0 Å². The maximum atomic E-state index is 5.76. The normalized spacial score (nSPS) is 12.9. The number of rotatable bonds is 4. The lowest BCUT2D eigenvalue weighted by Crippen LogP contribution is -2.19.